The largest absolute Gasteiger partial charge is 0.423 e. The zero-order valence-electron chi connectivity index (χ0n) is 13.1. The second-order valence-corrected chi connectivity index (χ2v) is 6.94. The molecule has 2 heterocycles. The van der Waals surface area contributed by atoms with E-state index in [-0.39, 0.29) is 35.5 Å². The number of hydrogen-bond donors (Lipinski definition) is 0. The Morgan fingerprint density at radius 1 is 1.00 bits per heavy atom. The van der Waals surface area contributed by atoms with E-state index in [1.165, 1.54) is 11.0 Å². The minimum Gasteiger partial charge on any atom is -0.423 e. The molecule has 1 aliphatic heterocycles. The van der Waals surface area contributed by atoms with Crippen LogP contribution in [-0.4, -0.2) is 11.8 Å². The normalized spacial score (nSPS) is 30.6. The smallest absolute Gasteiger partial charge is 0.336 e. The molecule has 0 radical (unpaired) electrons. The summed E-state index contributed by atoms with van der Waals surface area (Å²) in [6, 6.07) is 6.60. The Hall–Kier alpha value is -2.69. The van der Waals surface area contributed by atoms with Crippen molar-refractivity contribution in [2.45, 2.75) is 13.3 Å². The molecule has 2 aromatic rings. The first-order chi connectivity index (χ1) is 11.5. The Labute approximate surface area is 137 Å². The van der Waals surface area contributed by atoms with Crippen LogP contribution in [0.3, 0.4) is 0 Å². The van der Waals surface area contributed by atoms with Gasteiger partial charge in [-0.15, -0.1) is 0 Å². The van der Waals surface area contributed by atoms with Gasteiger partial charge in [0.15, 0.2) is 0 Å². The van der Waals surface area contributed by atoms with Crippen molar-refractivity contribution in [1.29, 1.82) is 0 Å². The molecular formula is C19H15NO4. The lowest BCUT2D eigenvalue weighted by atomic mass is 9.85. The van der Waals surface area contributed by atoms with Crippen LogP contribution >= 0.6 is 0 Å². The minimum absolute atomic E-state index is 0.129. The summed E-state index contributed by atoms with van der Waals surface area (Å²) in [6.07, 6.45) is 5.05. The molecule has 0 N–H and O–H groups in total. The van der Waals surface area contributed by atoms with Crippen LogP contribution in [0.15, 0.2) is 45.6 Å². The molecule has 24 heavy (non-hydrogen) atoms. The number of allylic oxidation sites excluding steroid dienone is 2. The standard InChI is InChI=1S/C19H15NO4/c1-9-6-15(21)24-14-8-12(4-5-13(9)14)20-18(22)16-10-2-3-11(7-10)17(16)19(20)23/h2-6,8,10-11,16-17H,7H2,1H3. The SMILES string of the molecule is Cc1cc(=O)oc2cc(N3C(=O)C4C5C=CC(C5)C4C3=O)ccc12. The lowest BCUT2D eigenvalue weighted by Crippen LogP contribution is -2.32. The fourth-order valence-corrected chi connectivity index (χ4v) is 4.61. The predicted octanol–water partition coefficient (Wildman–Crippen LogP) is 2.41. The number of benzene rings is 1. The van der Waals surface area contributed by atoms with Crippen molar-refractivity contribution in [1.82, 2.24) is 0 Å². The molecule has 2 bridgehead atoms. The van der Waals surface area contributed by atoms with Crippen molar-refractivity contribution in [3.63, 3.8) is 0 Å². The maximum absolute atomic E-state index is 12.8. The van der Waals surface area contributed by atoms with Crippen LogP contribution in [0.1, 0.15) is 12.0 Å². The van der Waals surface area contributed by atoms with E-state index in [0.717, 1.165) is 17.4 Å². The minimum atomic E-state index is -0.435. The number of fused-ring (bicyclic) bond motifs is 6. The van der Waals surface area contributed by atoms with Crippen LogP contribution in [0.25, 0.3) is 11.0 Å². The zero-order valence-corrected chi connectivity index (χ0v) is 13.1. The van der Waals surface area contributed by atoms with Crippen molar-refractivity contribution in [2.24, 2.45) is 23.7 Å². The number of imide groups is 1. The molecule has 5 rings (SSSR count). The number of amides is 2. The van der Waals surface area contributed by atoms with Crippen LogP contribution < -0.4 is 10.5 Å². The van der Waals surface area contributed by atoms with E-state index in [2.05, 4.69) is 12.2 Å². The molecule has 4 unspecified atom stereocenters. The number of nitrogens with zero attached hydrogens (tertiary/aromatic N) is 1. The average Bonchev–Trinajstić information content (AvgIpc) is 3.20. The summed E-state index contributed by atoms with van der Waals surface area (Å²) in [5.41, 5.74) is 1.26. The summed E-state index contributed by atoms with van der Waals surface area (Å²) < 4.78 is 5.24. The molecule has 2 fully saturated rings. The molecular weight excluding hydrogens is 306 g/mol. The van der Waals surface area contributed by atoms with Gasteiger partial charge < -0.3 is 4.42 Å². The van der Waals surface area contributed by atoms with Gasteiger partial charge in [-0.25, -0.2) is 9.69 Å². The molecule has 2 amide bonds. The van der Waals surface area contributed by atoms with E-state index in [4.69, 9.17) is 4.42 Å². The van der Waals surface area contributed by atoms with Crippen LogP contribution in [0.5, 0.6) is 0 Å². The van der Waals surface area contributed by atoms with Crippen molar-refractivity contribution < 1.29 is 14.0 Å². The third-order valence-electron chi connectivity index (χ3n) is 5.66. The average molecular weight is 321 g/mol. The Kier molecular flexibility index (Phi) is 2.54. The maximum Gasteiger partial charge on any atom is 0.336 e. The molecule has 5 heteroatoms. The third-order valence-corrected chi connectivity index (χ3v) is 5.66. The zero-order chi connectivity index (χ0) is 16.6. The van der Waals surface area contributed by atoms with Crippen LogP contribution in [0.2, 0.25) is 0 Å². The van der Waals surface area contributed by atoms with Crippen molar-refractivity contribution >= 4 is 28.5 Å². The topological polar surface area (TPSA) is 67.6 Å². The predicted molar refractivity (Wildman–Crippen MR) is 87.4 cm³/mol. The maximum atomic E-state index is 12.8. The molecule has 1 aromatic carbocycles. The lowest BCUT2D eigenvalue weighted by molar-refractivity contribution is -0.123. The highest BCUT2D eigenvalue weighted by Crippen LogP contribution is 2.53. The second kappa shape index (κ2) is 4.44. The van der Waals surface area contributed by atoms with E-state index in [0.29, 0.717) is 11.3 Å². The number of hydrogen-bond acceptors (Lipinski definition) is 4. The van der Waals surface area contributed by atoms with Crippen LogP contribution in [0, 0.1) is 30.6 Å². The summed E-state index contributed by atoms with van der Waals surface area (Å²) in [6.45, 7) is 1.83. The monoisotopic (exact) mass is 321 g/mol. The third kappa shape index (κ3) is 1.62. The molecule has 1 aromatic heterocycles. The van der Waals surface area contributed by atoms with Gasteiger partial charge in [-0.1, -0.05) is 12.2 Å². The van der Waals surface area contributed by atoms with Crippen LogP contribution in [-0.2, 0) is 9.59 Å². The van der Waals surface area contributed by atoms with Crippen molar-refractivity contribution in [3.8, 4) is 0 Å². The van der Waals surface area contributed by atoms with Gasteiger partial charge in [0.05, 0.1) is 17.5 Å². The number of carbonyl (C=O) groups is 2. The lowest BCUT2D eigenvalue weighted by Gasteiger charge is -2.17. The van der Waals surface area contributed by atoms with Gasteiger partial charge in [-0.05, 0) is 42.9 Å². The molecule has 1 saturated carbocycles. The fourth-order valence-electron chi connectivity index (χ4n) is 4.61. The van der Waals surface area contributed by atoms with Gasteiger partial charge >= 0.3 is 5.63 Å². The fraction of sp³-hybridized carbons (Fsp3) is 0.316. The number of anilines is 1. The number of aryl methyl sites for hydroxylation is 1. The van der Waals surface area contributed by atoms with E-state index in [1.807, 2.05) is 6.92 Å². The molecule has 0 spiro atoms. The van der Waals surface area contributed by atoms with Gasteiger partial charge in [0.25, 0.3) is 0 Å². The molecule has 1 saturated heterocycles. The highest BCUT2D eigenvalue weighted by Gasteiger charge is 2.59. The highest BCUT2D eigenvalue weighted by atomic mass is 16.4. The van der Waals surface area contributed by atoms with Gasteiger partial charge in [0.1, 0.15) is 5.58 Å². The Balaban J connectivity index is 1.62. The molecule has 4 atom stereocenters. The van der Waals surface area contributed by atoms with Crippen molar-refractivity contribution in [2.75, 3.05) is 4.90 Å². The molecule has 3 aliphatic rings. The molecule has 5 nitrogen and oxygen atoms in total. The van der Waals surface area contributed by atoms with E-state index in [9.17, 15) is 14.4 Å². The van der Waals surface area contributed by atoms with Gasteiger partial charge in [-0.2, -0.15) is 0 Å². The summed E-state index contributed by atoms with van der Waals surface area (Å²) in [5.74, 6) is -0.350. The number of rotatable bonds is 1. The van der Waals surface area contributed by atoms with E-state index < -0.39 is 5.63 Å². The summed E-state index contributed by atoms with van der Waals surface area (Å²) in [5, 5.41) is 0.805. The Morgan fingerprint density at radius 3 is 2.33 bits per heavy atom. The Morgan fingerprint density at radius 2 is 1.67 bits per heavy atom. The first-order valence-corrected chi connectivity index (χ1v) is 8.15. The highest BCUT2D eigenvalue weighted by molar-refractivity contribution is 6.23. The molecule has 120 valence electrons. The Bertz CT molecular complexity index is 972. The van der Waals surface area contributed by atoms with Gasteiger partial charge in [0.2, 0.25) is 11.8 Å². The van der Waals surface area contributed by atoms with Gasteiger partial charge in [0, 0.05) is 17.5 Å². The quantitative estimate of drug-likeness (QED) is 0.459. The van der Waals surface area contributed by atoms with E-state index >= 15 is 0 Å². The summed E-state index contributed by atoms with van der Waals surface area (Å²) in [7, 11) is 0. The van der Waals surface area contributed by atoms with Gasteiger partial charge in [-0.3, -0.25) is 9.59 Å². The summed E-state index contributed by atoms with van der Waals surface area (Å²) in [4.78, 5) is 38.6. The second-order valence-electron chi connectivity index (χ2n) is 6.94. The van der Waals surface area contributed by atoms with Crippen LogP contribution in [0.4, 0.5) is 5.69 Å². The first kappa shape index (κ1) is 13.7. The van der Waals surface area contributed by atoms with E-state index in [1.54, 1.807) is 18.2 Å². The first-order valence-electron chi connectivity index (χ1n) is 8.15. The molecule has 2 aliphatic carbocycles. The number of carbonyl (C=O) groups excluding carboxylic acids is 2. The van der Waals surface area contributed by atoms with Crippen molar-refractivity contribution in [3.05, 3.63) is 52.4 Å². The summed E-state index contributed by atoms with van der Waals surface area (Å²) >= 11 is 0.